The van der Waals surface area contributed by atoms with E-state index in [2.05, 4.69) is 35.1 Å². The molecule has 4 heteroatoms. The second-order valence-electron chi connectivity index (χ2n) is 4.87. The molecule has 102 valence electrons. The summed E-state index contributed by atoms with van der Waals surface area (Å²) in [5.74, 6) is 0.623. The van der Waals surface area contributed by atoms with E-state index in [1.807, 2.05) is 19.4 Å². The smallest absolute Gasteiger partial charge is 0.0637 e. The van der Waals surface area contributed by atoms with Crippen molar-refractivity contribution in [3.63, 3.8) is 0 Å². The molecule has 1 aromatic rings. The molecule has 1 aromatic heterocycles. The Morgan fingerprint density at radius 2 is 2.22 bits per heavy atom. The van der Waals surface area contributed by atoms with Crippen molar-refractivity contribution >= 4 is 5.69 Å². The van der Waals surface area contributed by atoms with Gasteiger partial charge in [-0.3, -0.25) is 4.98 Å². The van der Waals surface area contributed by atoms with E-state index in [4.69, 9.17) is 4.74 Å². The minimum absolute atomic E-state index is 0.623. The zero-order valence-electron chi connectivity index (χ0n) is 11.9. The Kier molecular flexibility index (Phi) is 6.68. The van der Waals surface area contributed by atoms with Crippen molar-refractivity contribution in [3.8, 4) is 0 Å². The van der Waals surface area contributed by atoms with E-state index in [1.54, 1.807) is 7.11 Å². The third-order valence-corrected chi connectivity index (χ3v) is 2.74. The first kappa shape index (κ1) is 14.9. The van der Waals surface area contributed by atoms with Gasteiger partial charge in [0, 0.05) is 50.4 Å². The number of aromatic nitrogens is 1. The summed E-state index contributed by atoms with van der Waals surface area (Å²) >= 11 is 0. The normalized spacial score (nSPS) is 10.9. The second-order valence-corrected chi connectivity index (χ2v) is 4.87. The van der Waals surface area contributed by atoms with E-state index < -0.39 is 0 Å². The molecule has 0 aromatic carbocycles. The van der Waals surface area contributed by atoms with Gasteiger partial charge in [-0.25, -0.2) is 0 Å². The van der Waals surface area contributed by atoms with E-state index >= 15 is 0 Å². The molecule has 0 atom stereocenters. The van der Waals surface area contributed by atoms with Gasteiger partial charge in [-0.05, 0) is 19.0 Å². The zero-order valence-corrected chi connectivity index (χ0v) is 11.9. The van der Waals surface area contributed by atoms with Gasteiger partial charge in [-0.2, -0.15) is 0 Å². The predicted molar refractivity (Wildman–Crippen MR) is 75.9 cm³/mol. The molecule has 0 saturated heterocycles. The third kappa shape index (κ3) is 4.63. The number of hydrogen-bond acceptors (Lipinski definition) is 4. The molecule has 0 aliphatic rings. The summed E-state index contributed by atoms with van der Waals surface area (Å²) < 4.78 is 5.20. The first-order chi connectivity index (χ1) is 8.69. The predicted octanol–water partition coefficient (Wildman–Crippen LogP) is 1.91. The highest BCUT2D eigenvalue weighted by molar-refractivity contribution is 5.52. The van der Waals surface area contributed by atoms with E-state index in [1.165, 1.54) is 11.3 Å². The number of anilines is 1. The number of hydrogen-bond donors (Lipinski definition) is 1. The summed E-state index contributed by atoms with van der Waals surface area (Å²) in [5.41, 5.74) is 2.49. The molecule has 1 N–H and O–H groups in total. The minimum Gasteiger partial charge on any atom is -0.383 e. The highest BCUT2D eigenvalue weighted by Gasteiger charge is 2.12. The summed E-state index contributed by atoms with van der Waals surface area (Å²) in [4.78, 5) is 6.59. The molecule has 0 saturated carbocycles. The van der Waals surface area contributed by atoms with Crippen LogP contribution in [0.1, 0.15) is 19.4 Å². The molecule has 0 spiro atoms. The van der Waals surface area contributed by atoms with Crippen LogP contribution in [0.15, 0.2) is 18.5 Å². The first-order valence-corrected chi connectivity index (χ1v) is 6.50. The minimum atomic E-state index is 0.623. The number of pyridine rings is 1. The highest BCUT2D eigenvalue weighted by Crippen LogP contribution is 2.20. The Balaban J connectivity index is 2.88. The molecule has 0 aliphatic heterocycles. The Labute approximate surface area is 110 Å². The van der Waals surface area contributed by atoms with Crippen LogP contribution < -0.4 is 10.2 Å². The van der Waals surface area contributed by atoms with Crippen LogP contribution in [-0.2, 0) is 11.3 Å². The summed E-state index contributed by atoms with van der Waals surface area (Å²) in [6, 6.07) is 2.09. The van der Waals surface area contributed by atoms with E-state index in [0.29, 0.717) is 5.92 Å². The Morgan fingerprint density at radius 3 is 2.83 bits per heavy atom. The fourth-order valence-corrected chi connectivity index (χ4v) is 2.01. The molecular formula is C14H25N3O. The summed E-state index contributed by atoms with van der Waals surface area (Å²) in [6.07, 6.45) is 3.79. The van der Waals surface area contributed by atoms with Crippen LogP contribution in [0.5, 0.6) is 0 Å². The van der Waals surface area contributed by atoms with E-state index in [0.717, 1.165) is 26.2 Å². The number of methoxy groups -OCH3 is 1. The summed E-state index contributed by atoms with van der Waals surface area (Å²) in [5, 5.41) is 3.19. The van der Waals surface area contributed by atoms with Crippen molar-refractivity contribution in [3.05, 3.63) is 24.0 Å². The topological polar surface area (TPSA) is 37.4 Å². The van der Waals surface area contributed by atoms with Crippen LogP contribution >= 0.6 is 0 Å². The SMILES string of the molecule is CNCc1cnccc1N(CCOC)CC(C)C. The average Bonchev–Trinajstić information content (AvgIpc) is 2.35. The molecule has 0 aliphatic carbocycles. The van der Waals surface area contributed by atoms with Crippen LogP contribution in [0.3, 0.4) is 0 Å². The maximum absolute atomic E-state index is 5.20. The van der Waals surface area contributed by atoms with Gasteiger partial charge < -0.3 is 15.0 Å². The van der Waals surface area contributed by atoms with Crippen molar-refractivity contribution < 1.29 is 4.74 Å². The van der Waals surface area contributed by atoms with Crippen LogP contribution in [0.25, 0.3) is 0 Å². The van der Waals surface area contributed by atoms with E-state index in [9.17, 15) is 0 Å². The third-order valence-electron chi connectivity index (χ3n) is 2.74. The molecular weight excluding hydrogens is 226 g/mol. The molecule has 0 bridgehead atoms. The van der Waals surface area contributed by atoms with Crippen molar-refractivity contribution in [1.82, 2.24) is 10.3 Å². The molecule has 1 heterocycles. The molecule has 0 amide bonds. The van der Waals surface area contributed by atoms with Gasteiger partial charge in [0.1, 0.15) is 0 Å². The Morgan fingerprint density at radius 1 is 1.44 bits per heavy atom. The quantitative estimate of drug-likeness (QED) is 0.766. The number of nitrogens with zero attached hydrogens (tertiary/aromatic N) is 2. The zero-order chi connectivity index (χ0) is 13.4. The number of nitrogens with one attached hydrogen (secondary N) is 1. The lowest BCUT2D eigenvalue weighted by molar-refractivity contribution is 0.204. The van der Waals surface area contributed by atoms with Crippen LogP contribution in [0.2, 0.25) is 0 Å². The van der Waals surface area contributed by atoms with Gasteiger partial charge in [0.25, 0.3) is 0 Å². The largest absolute Gasteiger partial charge is 0.383 e. The van der Waals surface area contributed by atoms with Gasteiger partial charge >= 0.3 is 0 Å². The lowest BCUT2D eigenvalue weighted by atomic mass is 10.1. The van der Waals surface area contributed by atoms with Gasteiger partial charge in [0.05, 0.1) is 6.61 Å². The second kappa shape index (κ2) is 8.06. The van der Waals surface area contributed by atoms with E-state index in [-0.39, 0.29) is 0 Å². The standard InChI is InChI=1S/C14H25N3O/c1-12(2)11-17(7-8-18-4)14-5-6-16-10-13(14)9-15-3/h5-6,10,12,15H,7-9,11H2,1-4H3. The van der Waals surface area contributed by atoms with Gasteiger partial charge in [0.15, 0.2) is 0 Å². The first-order valence-electron chi connectivity index (χ1n) is 6.50. The van der Waals surface area contributed by atoms with Crippen molar-refractivity contribution in [2.75, 3.05) is 38.8 Å². The molecule has 1 rings (SSSR count). The van der Waals surface area contributed by atoms with Gasteiger partial charge in [0.2, 0.25) is 0 Å². The van der Waals surface area contributed by atoms with Crippen molar-refractivity contribution in [1.29, 1.82) is 0 Å². The lowest BCUT2D eigenvalue weighted by Crippen LogP contribution is -2.32. The van der Waals surface area contributed by atoms with Crippen LogP contribution in [-0.4, -0.2) is 38.8 Å². The Bertz CT molecular complexity index is 342. The number of ether oxygens (including phenoxy) is 1. The number of rotatable bonds is 8. The average molecular weight is 251 g/mol. The van der Waals surface area contributed by atoms with Crippen LogP contribution in [0, 0.1) is 5.92 Å². The fraction of sp³-hybridized carbons (Fsp3) is 0.643. The summed E-state index contributed by atoms with van der Waals surface area (Å²) in [6.45, 7) is 8.00. The summed E-state index contributed by atoms with van der Waals surface area (Å²) in [7, 11) is 3.70. The van der Waals surface area contributed by atoms with Crippen LogP contribution in [0.4, 0.5) is 5.69 Å². The fourth-order valence-electron chi connectivity index (χ4n) is 2.01. The van der Waals surface area contributed by atoms with Crippen molar-refractivity contribution in [2.45, 2.75) is 20.4 Å². The highest BCUT2D eigenvalue weighted by atomic mass is 16.5. The van der Waals surface area contributed by atoms with Gasteiger partial charge in [-0.1, -0.05) is 13.8 Å². The molecule has 0 fully saturated rings. The van der Waals surface area contributed by atoms with Crippen molar-refractivity contribution in [2.24, 2.45) is 5.92 Å². The van der Waals surface area contributed by atoms with Gasteiger partial charge in [-0.15, -0.1) is 0 Å². The molecule has 4 nitrogen and oxygen atoms in total. The maximum Gasteiger partial charge on any atom is 0.0637 e. The molecule has 18 heavy (non-hydrogen) atoms. The molecule has 0 unspecified atom stereocenters. The monoisotopic (exact) mass is 251 g/mol. The molecule has 0 radical (unpaired) electrons. The maximum atomic E-state index is 5.20. The Hall–Kier alpha value is -1.13. The lowest BCUT2D eigenvalue weighted by Gasteiger charge is -2.28.